The number of benzene rings is 1. The lowest BCUT2D eigenvalue weighted by molar-refractivity contribution is 0.414. The van der Waals surface area contributed by atoms with Crippen molar-refractivity contribution >= 4 is 29.3 Å². The van der Waals surface area contributed by atoms with Gasteiger partial charge in [-0.25, -0.2) is 9.97 Å². The van der Waals surface area contributed by atoms with Crippen molar-refractivity contribution in [3.63, 3.8) is 0 Å². The van der Waals surface area contributed by atoms with Gasteiger partial charge in [-0.05, 0) is 17.7 Å². The van der Waals surface area contributed by atoms with Crippen LogP contribution < -0.4 is 10.1 Å². The molecule has 21 heavy (non-hydrogen) atoms. The van der Waals surface area contributed by atoms with E-state index >= 15 is 0 Å². The number of ether oxygens (including phenoxy) is 1. The minimum Gasteiger partial charge on any atom is -0.497 e. The van der Waals surface area contributed by atoms with Crippen LogP contribution in [0.3, 0.4) is 0 Å². The second-order valence-corrected chi connectivity index (χ2v) is 4.43. The van der Waals surface area contributed by atoms with Gasteiger partial charge in [0.1, 0.15) is 17.9 Å². The SMILES string of the molecule is COc1ccc(CNc2ncnc3c2cnn3C)cc1.Cl. The van der Waals surface area contributed by atoms with E-state index in [0.717, 1.165) is 28.2 Å². The maximum absolute atomic E-state index is 5.14. The predicted molar refractivity (Wildman–Crippen MR) is 83.9 cm³/mol. The molecule has 0 aliphatic rings. The Bertz CT molecular complexity index is 726. The standard InChI is InChI=1S/C14H15N5O.ClH/c1-19-14-12(8-18-19)13(16-9-17-14)15-7-10-3-5-11(20-2)6-4-10;/h3-6,8-9H,7H2,1-2H3,(H,15,16,17);1H. The molecule has 7 heteroatoms. The van der Waals surface area contributed by atoms with Gasteiger partial charge in [0.2, 0.25) is 0 Å². The van der Waals surface area contributed by atoms with Gasteiger partial charge in [0.15, 0.2) is 5.65 Å². The molecule has 0 bridgehead atoms. The smallest absolute Gasteiger partial charge is 0.163 e. The number of anilines is 1. The number of nitrogens with zero attached hydrogens (tertiary/aromatic N) is 4. The fraction of sp³-hybridized carbons (Fsp3) is 0.214. The molecule has 0 saturated carbocycles. The summed E-state index contributed by atoms with van der Waals surface area (Å²) in [7, 11) is 3.52. The fourth-order valence-corrected chi connectivity index (χ4v) is 2.03. The summed E-state index contributed by atoms with van der Waals surface area (Å²) in [5.74, 6) is 1.64. The lowest BCUT2D eigenvalue weighted by Crippen LogP contribution is -2.02. The van der Waals surface area contributed by atoms with Gasteiger partial charge in [0.25, 0.3) is 0 Å². The first-order valence-corrected chi connectivity index (χ1v) is 6.27. The van der Waals surface area contributed by atoms with Gasteiger partial charge in [0, 0.05) is 13.6 Å². The molecule has 1 N–H and O–H groups in total. The zero-order chi connectivity index (χ0) is 13.9. The molecule has 0 fully saturated rings. The van der Waals surface area contributed by atoms with Gasteiger partial charge in [-0.3, -0.25) is 4.68 Å². The summed E-state index contributed by atoms with van der Waals surface area (Å²) in [6, 6.07) is 7.92. The zero-order valence-corrected chi connectivity index (χ0v) is 12.6. The van der Waals surface area contributed by atoms with E-state index in [4.69, 9.17) is 4.74 Å². The Labute approximate surface area is 128 Å². The van der Waals surface area contributed by atoms with E-state index in [9.17, 15) is 0 Å². The van der Waals surface area contributed by atoms with Crippen molar-refractivity contribution in [2.75, 3.05) is 12.4 Å². The monoisotopic (exact) mass is 305 g/mol. The molecule has 1 aromatic carbocycles. The minimum absolute atomic E-state index is 0. The van der Waals surface area contributed by atoms with Gasteiger partial charge in [-0.15, -0.1) is 12.4 Å². The number of fused-ring (bicyclic) bond motifs is 1. The molecule has 2 heterocycles. The van der Waals surface area contributed by atoms with E-state index in [1.165, 1.54) is 0 Å². The molecule has 2 aromatic heterocycles. The fourth-order valence-electron chi connectivity index (χ4n) is 2.03. The van der Waals surface area contributed by atoms with Gasteiger partial charge < -0.3 is 10.1 Å². The van der Waals surface area contributed by atoms with Crippen molar-refractivity contribution < 1.29 is 4.74 Å². The van der Waals surface area contributed by atoms with E-state index in [1.54, 1.807) is 24.3 Å². The first-order chi connectivity index (χ1) is 9.78. The molecule has 0 saturated heterocycles. The van der Waals surface area contributed by atoms with E-state index in [-0.39, 0.29) is 12.4 Å². The van der Waals surface area contributed by atoms with Crippen molar-refractivity contribution in [3.8, 4) is 5.75 Å². The van der Waals surface area contributed by atoms with Crippen molar-refractivity contribution in [1.29, 1.82) is 0 Å². The molecule has 0 amide bonds. The van der Waals surface area contributed by atoms with Crippen LogP contribution in [0.1, 0.15) is 5.56 Å². The number of rotatable bonds is 4. The summed E-state index contributed by atoms with van der Waals surface area (Å²) in [5, 5.41) is 8.42. The Kier molecular flexibility index (Phi) is 4.59. The molecule has 0 aliphatic carbocycles. The molecule has 0 atom stereocenters. The summed E-state index contributed by atoms with van der Waals surface area (Å²) in [4.78, 5) is 8.48. The third-order valence-corrected chi connectivity index (χ3v) is 3.15. The number of hydrogen-bond acceptors (Lipinski definition) is 5. The molecule has 0 unspecified atom stereocenters. The Morgan fingerprint density at radius 1 is 1.19 bits per heavy atom. The molecule has 0 aliphatic heterocycles. The summed E-state index contributed by atoms with van der Waals surface area (Å²) < 4.78 is 6.87. The van der Waals surface area contributed by atoms with Gasteiger partial charge in [-0.2, -0.15) is 5.10 Å². The van der Waals surface area contributed by atoms with Crippen LogP contribution in [0.25, 0.3) is 11.0 Å². The third-order valence-electron chi connectivity index (χ3n) is 3.15. The normalized spacial score (nSPS) is 10.2. The van der Waals surface area contributed by atoms with Crippen LogP contribution in [0.2, 0.25) is 0 Å². The zero-order valence-electron chi connectivity index (χ0n) is 11.8. The number of hydrogen-bond donors (Lipinski definition) is 1. The second-order valence-electron chi connectivity index (χ2n) is 4.43. The highest BCUT2D eigenvalue weighted by atomic mass is 35.5. The highest BCUT2D eigenvalue weighted by molar-refractivity contribution is 5.86. The van der Waals surface area contributed by atoms with E-state index in [0.29, 0.717) is 6.54 Å². The quantitative estimate of drug-likeness (QED) is 0.802. The Morgan fingerprint density at radius 3 is 2.67 bits per heavy atom. The molecule has 3 rings (SSSR count). The highest BCUT2D eigenvalue weighted by Gasteiger charge is 2.07. The third kappa shape index (κ3) is 3.05. The van der Waals surface area contributed by atoms with Gasteiger partial charge in [-0.1, -0.05) is 12.1 Å². The molecule has 110 valence electrons. The average molecular weight is 306 g/mol. The summed E-state index contributed by atoms with van der Waals surface area (Å²) >= 11 is 0. The summed E-state index contributed by atoms with van der Waals surface area (Å²) in [6.07, 6.45) is 3.31. The number of halogens is 1. The topological polar surface area (TPSA) is 64.9 Å². The lowest BCUT2D eigenvalue weighted by atomic mass is 10.2. The van der Waals surface area contributed by atoms with Crippen LogP contribution in [-0.2, 0) is 13.6 Å². The van der Waals surface area contributed by atoms with Crippen LogP contribution in [0.5, 0.6) is 5.75 Å². The molecular formula is C14H16ClN5O. The minimum atomic E-state index is 0. The molecule has 0 radical (unpaired) electrons. The molecule has 3 aromatic rings. The largest absolute Gasteiger partial charge is 0.497 e. The molecular weight excluding hydrogens is 290 g/mol. The first-order valence-electron chi connectivity index (χ1n) is 6.27. The first kappa shape index (κ1) is 15.1. The number of aromatic nitrogens is 4. The van der Waals surface area contributed by atoms with E-state index in [1.807, 2.05) is 31.3 Å². The Balaban J connectivity index is 0.00000161. The number of methoxy groups -OCH3 is 1. The van der Waals surface area contributed by atoms with E-state index < -0.39 is 0 Å². The Hall–Kier alpha value is -2.34. The average Bonchev–Trinajstić information content (AvgIpc) is 2.88. The molecule has 0 spiro atoms. The second kappa shape index (κ2) is 6.41. The predicted octanol–water partition coefficient (Wildman–Crippen LogP) is 2.41. The van der Waals surface area contributed by atoms with Crippen LogP contribution in [-0.4, -0.2) is 26.9 Å². The summed E-state index contributed by atoms with van der Waals surface area (Å²) in [6.45, 7) is 0.686. The van der Waals surface area contributed by atoms with Crippen molar-refractivity contribution in [1.82, 2.24) is 19.7 Å². The molecule has 6 nitrogen and oxygen atoms in total. The number of aryl methyl sites for hydroxylation is 1. The van der Waals surface area contributed by atoms with Crippen LogP contribution in [0.15, 0.2) is 36.8 Å². The van der Waals surface area contributed by atoms with Crippen molar-refractivity contribution in [2.45, 2.75) is 6.54 Å². The Morgan fingerprint density at radius 2 is 1.95 bits per heavy atom. The van der Waals surface area contributed by atoms with Crippen molar-refractivity contribution in [2.24, 2.45) is 7.05 Å². The summed E-state index contributed by atoms with van der Waals surface area (Å²) in [5.41, 5.74) is 1.97. The maximum atomic E-state index is 5.14. The highest BCUT2D eigenvalue weighted by Crippen LogP contribution is 2.19. The lowest BCUT2D eigenvalue weighted by Gasteiger charge is -2.07. The van der Waals surface area contributed by atoms with Crippen LogP contribution in [0.4, 0.5) is 5.82 Å². The van der Waals surface area contributed by atoms with Crippen LogP contribution in [0, 0.1) is 0 Å². The van der Waals surface area contributed by atoms with Crippen molar-refractivity contribution in [3.05, 3.63) is 42.4 Å². The van der Waals surface area contributed by atoms with Gasteiger partial charge >= 0.3 is 0 Å². The maximum Gasteiger partial charge on any atom is 0.163 e. The van der Waals surface area contributed by atoms with Crippen LogP contribution >= 0.6 is 12.4 Å². The van der Waals surface area contributed by atoms with Gasteiger partial charge in [0.05, 0.1) is 18.7 Å². The number of nitrogens with one attached hydrogen (secondary N) is 1. The van der Waals surface area contributed by atoms with E-state index in [2.05, 4.69) is 20.4 Å².